The largest absolute Gasteiger partial charge is 0.329 e. The van der Waals surface area contributed by atoms with E-state index in [-0.39, 0.29) is 12.0 Å². The average Bonchev–Trinajstić information content (AvgIpc) is 2.75. The normalized spacial score (nSPS) is 14.6. The molecule has 0 aliphatic rings. The lowest BCUT2D eigenvalue weighted by atomic mass is 10.1. The van der Waals surface area contributed by atoms with Crippen LogP contribution in [-0.4, -0.2) is 34.3 Å². The van der Waals surface area contributed by atoms with Gasteiger partial charge in [0.2, 0.25) is 0 Å². The highest BCUT2D eigenvalue weighted by molar-refractivity contribution is 5.11. The van der Waals surface area contributed by atoms with Crippen molar-refractivity contribution in [2.75, 3.05) is 19.6 Å². The molecule has 0 amide bonds. The van der Waals surface area contributed by atoms with Gasteiger partial charge in [-0.1, -0.05) is 6.92 Å². The highest BCUT2D eigenvalue weighted by Crippen LogP contribution is 2.19. The first-order chi connectivity index (χ1) is 8.12. The number of nitrogens with zero attached hydrogens (tertiary/aromatic N) is 4. The molecule has 2 N–H and O–H groups in total. The molecule has 0 aromatic carbocycles. The second-order valence-electron chi connectivity index (χ2n) is 4.32. The van der Waals surface area contributed by atoms with Gasteiger partial charge in [-0.3, -0.25) is 9.58 Å². The SMILES string of the molecule is CCN(CC(C)C#N)C(CN)c1cnn(C)c1. The van der Waals surface area contributed by atoms with Crippen LogP contribution in [0.3, 0.4) is 0 Å². The Kier molecular flexibility index (Phi) is 5.13. The van der Waals surface area contributed by atoms with Crippen molar-refractivity contribution in [2.24, 2.45) is 18.7 Å². The van der Waals surface area contributed by atoms with Crippen LogP contribution in [0.2, 0.25) is 0 Å². The van der Waals surface area contributed by atoms with Gasteiger partial charge in [-0.05, 0) is 13.5 Å². The summed E-state index contributed by atoms with van der Waals surface area (Å²) in [5.74, 6) is 0.0145. The topological polar surface area (TPSA) is 70.9 Å². The summed E-state index contributed by atoms with van der Waals surface area (Å²) in [6, 6.07) is 2.41. The summed E-state index contributed by atoms with van der Waals surface area (Å²) in [5, 5.41) is 13.1. The Labute approximate surface area is 103 Å². The number of aryl methyl sites for hydroxylation is 1. The van der Waals surface area contributed by atoms with E-state index in [0.717, 1.165) is 18.7 Å². The molecule has 0 bridgehead atoms. The standard InChI is InChI=1S/C12H21N5/c1-4-17(8-10(2)5-13)12(6-14)11-7-15-16(3)9-11/h7,9-10,12H,4,6,8,14H2,1-3H3. The van der Waals surface area contributed by atoms with Crippen LogP contribution in [-0.2, 0) is 7.05 Å². The third kappa shape index (κ3) is 3.55. The molecule has 5 nitrogen and oxygen atoms in total. The lowest BCUT2D eigenvalue weighted by molar-refractivity contribution is 0.198. The number of nitriles is 1. The fraction of sp³-hybridized carbons (Fsp3) is 0.667. The van der Waals surface area contributed by atoms with Gasteiger partial charge in [-0.25, -0.2) is 0 Å². The molecular weight excluding hydrogens is 214 g/mol. The Morgan fingerprint density at radius 1 is 1.65 bits per heavy atom. The van der Waals surface area contributed by atoms with Crippen molar-refractivity contribution in [2.45, 2.75) is 19.9 Å². The summed E-state index contributed by atoms with van der Waals surface area (Å²) < 4.78 is 1.78. The average molecular weight is 235 g/mol. The van der Waals surface area contributed by atoms with Gasteiger partial charge >= 0.3 is 0 Å². The molecule has 0 saturated carbocycles. The van der Waals surface area contributed by atoms with Gasteiger partial charge in [0.05, 0.1) is 24.2 Å². The molecule has 0 spiro atoms. The van der Waals surface area contributed by atoms with Gasteiger partial charge < -0.3 is 5.73 Å². The van der Waals surface area contributed by atoms with Gasteiger partial charge in [0.1, 0.15) is 0 Å². The molecule has 1 heterocycles. The molecule has 0 saturated heterocycles. The number of aromatic nitrogens is 2. The second kappa shape index (κ2) is 6.38. The van der Waals surface area contributed by atoms with Crippen LogP contribution < -0.4 is 5.73 Å². The van der Waals surface area contributed by atoms with Gasteiger partial charge in [-0.15, -0.1) is 0 Å². The van der Waals surface area contributed by atoms with E-state index in [4.69, 9.17) is 11.0 Å². The molecule has 1 aromatic heterocycles. The van der Waals surface area contributed by atoms with E-state index >= 15 is 0 Å². The Morgan fingerprint density at radius 3 is 2.76 bits per heavy atom. The minimum atomic E-state index is 0.0145. The Hall–Kier alpha value is -1.38. The predicted molar refractivity (Wildman–Crippen MR) is 67.0 cm³/mol. The minimum Gasteiger partial charge on any atom is -0.329 e. The van der Waals surface area contributed by atoms with Crippen molar-refractivity contribution in [3.05, 3.63) is 18.0 Å². The lowest BCUT2D eigenvalue weighted by Gasteiger charge is -2.29. The maximum atomic E-state index is 8.88. The third-order valence-corrected chi connectivity index (χ3v) is 2.91. The molecule has 1 aromatic rings. The Bertz CT molecular complexity index is 378. The number of nitrogens with two attached hydrogens (primary N) is 1. The zero-order valence-corrected chi connectivity index (χ0v) is 10.8. The summed E-state index contributed by atoms with van der Waals surface area (Å²) in [6.45, 7) is 6.17. The Balaban J connectivity index is 2.80. The fourth-order valence-electron chi connectivity index (χ4n) is 1.98. The summed E-state index contributed by atoms with van der Waals surface area (Å²) in [4.78, 5) is 2.23. The summed E-state index contributed by atoms with van der Waals surface area (Å²) >= 11 is 0. The van der Waals surface area contributed by atoms with Crippen molar-refractivity contribution >= 4 is 0 Å². The molecule has 17 heavy (non-hydrogen) atoms. The van der Waals surface area contributed by atoms with Gasteiger partial charge in [0, 0.05) is 31.9 Å². The smallest absolute Gasteiger partial charge is 0.0666 e. The highest BCUT2D eigenvalue weighted by Gasteiger charge is 2.20. The van der Waals surface area contributed by atoms with Crippen molar-refractivity contribution in [1.82, 2.24) is 14.7 Å². The van der Waals surface area contributed by atoms with Crippen LogP contribution in [0.25, 0.3) is 0 Å². The van der Waals surface area contributed by atoms with Crippen LogP contribution in [0.5, 0.6) is 0 Å². The fourth-order valence-corrected chi connectivity index (χ4v) is 1.98. The van der Waals surface area contributed by atoms with Crippen LogP contribution in [0, 0.1) is 17.2 Å². The molecule has 0 radical (unpaired) electrons. The van der Waals surface area contributed by atoms with Gasteiger partial charge in [-0.2, -0.15) is 10.4 Å². The van der Waals surface area contributed by atoms with Crippen LogP contribution in [0.4, 0.5) is 0 Å². The summed E-state index contributed by atoms with van der Waals surface area (Å²) in [7, 11) is 1.89. The van der Waals surface area contributed by atoms with Crippen LogP contribution in [0.15, 0.2) is 12.4 Å². The van der Waals surface area contributed by atoms with Crippen molar-refractivity contribution in [1.29, 1.82) is 5.26 Å². The highest BCUT2D eigenvalue weighted by atomic mass is 15.3. The zero-order valence-electron chi connectivity index (χ0n) is 10.8. The van der Waals surface area contributed by atoms with Crippen molar-refractivity contribution < 1.29 is 0 Å². The molecule has 1 rings (SSSR count). The van der Waals surface area contributed by atoms with E-state index in [2.05, 4.69) is 23.0 Å². The molecule has 0 aliphatic heterocycles. The minimum absolute atomic E-state index is 0.0145. The number of hydrogen-bond acceptors (Lipinski definition) is 4. The molecule has 2 unspecified atom stereocenters. The first-order valence-corrected chi connectivity index (χ1v) is 5.94. The van der Waals surface area contributed by atoms with E-state index in [1.807, 2.05) is 26.4 Å². The van der Waals surface area contributed by atoms with E-state index in [0.29, 0.717) is 6.54 Å². The molecule has 2 atom stereocenters. The summed E-state index contributed by atoms with van der Waals surface area (Å²) in [6.07, 6.45) is 3.83. The second-order valence-corrected chi connectivity index (χ2v) is 4.32. The molecule has 0 fully saturated rings. The third-order valence-electron chi connectivity index (χ3n) is 2.91. The lowest BCUT2D eigenvalue weighted by Crippen LogP contribution is -2.36. The maximum Gasteiger partial charge on any atom is 0.0666 e. The monoisotopic (exact) mass is 235 g/mol. The van der Waals surface area contributed by atoms with E-state index < -0.39 is 0 Å². The summed E-state index contributed by atoms with van der Waals surface area (Å²) in [5.41, 5.74) is 6.96. The van der Waals surface area contributed by atoms with E-state index in [1.54, 1.807) is 4.68 Å². The molecular formula is C12H21N5. The number of rotatable bonds is 6. The number of hydrogen-bond donors (Lipinski definition) is 1. The van der Waals surface area contributed by atoms with Crippen LogP contribution >= 0.6 is 0 Å². The molecule has 0 aliphatic carbocycles. The first kappa shape index (κ1) is 13.7. The van der Waals surface area contributed by atoms with E-state index in [1.165, 1.54) is 0 Å². The predicted octanol–water partition coefficient (Wildman–Crippen LogP) is 0.901. The van der Waals surface area contributed by atoms with Crippen molar-refractivity contribution in [3.63, 3.8) is 0 Å². The van der Waals surface area contributed by atoms with Gasteiger partial charge in [0.25, 0.3) is 0 Å². The van der Waals surface area contributed by atoms with Crippen LogP contribution in [0.1, 0.15) is 25.5 Å². The van der Waals surface area contributed by atoms with Crippen molar-refractivity contribution in [3.8, 4) is 6.07 Å². The zero-order chi connectivity index (χ0) is 12.8. The van der Waals surface area contributed by atoms with E-state index in [9.17, 15) is 0 Å². The maximum absolute atomic E-state index is 8.88. The quantitative estimate of drug-likeness (QED) is 0.795. The Morgan fingerprint density at radius 2 is 2.35 bits per heavy atom. The van der Waals surface area contributed by atoms with Gasteiger partial charge in [0.15, 0.2) is 0 Å². The number of likely N-dealkylation sites (N-methyl/N-ethyl adjacent to an activating group) is 1. The molecule has 5 heteroatoms. The molecule has 94 valence electrons. The first-order valence-electron chi connectivity index (χ1n) is 5.94.